The predicted molar refractivity (Wildman–Crippen MR) is 120 cm³/mol. The highest BCUT2D eigenvalue weighted by Crippen LogP contribution is 2.20. The lowest BCUT2D eigenvalue weighted by molar-refractivity contribution is 0.102. The third-order valence-electron chi connectivity index (χ3n) is 5.17. The molecule has 0 bridgehead atoms. The van der Waals surface area contributed by atoms with E-state index < -0.39 is 0 Å². The maximum absolute atomic E-state index is 12.4. The molecule has 0 aliphatic carbocycles. The van der Waals surface area contributed by atoms with Crippen molar-refractivity contribution in [3.8, 4) is 0 Å². The minimum Gasteiger partial charge on any atom is -0.369 e. The van der Waals surface area contributed by atoms with E-state index in [-0.39, 0.29) is 5.91 Å². The largest absolute Gasteiger partial charge is 0.369 e. The molecule has 1 aliphatic heterocycles. The number of nitrogens with zero attached hydrogens (tertiary/aromatic N) is 2. The van der Waals surface area contributed by atoms with Gasteiger partial charge in [0.15, 0.2) is 0 Å². The Labute approximate surface area is 176 Å². The summed E-state index contributed by atoms with van der Waals surface area (Å²) in [6.45, 7) is 5.08. The summed E-state index contributed by atoms with van der Waals surface area (Å²) in [6, 6.07) is 22.1. The number of aromatic amines is 1. The number of pyridine rings is 1. The van der Waals surface area contributed by atoms with Crippen molar-refractivity contribution in [3.05, 3.63) is 88.7 Å². The summed E-state index contributed by atoms with van der Waals surface area (Å²) in [4.78, 5) is 20.2. The van der Waals surface area contributed by atoms with Crippen LogP contribution in [0.3, 0.4) is 0 Å². The molecule has 29 heavy (non-hydrogen) atoms. The van der Waals surface area contributed by atoms with E-state index in [9.17, 15) is 4.79 Å². The van der Waals surface area contributed by atoms with Gasteiger partial charge in [-0.2, -0.15) is 0 Å². The van der Waals surface area contributed by atoms with Crippen LogP contribution in [0.15, 0.2) is 72.9 Å². The second-order valence-corrected chi connectivity index (χ2v) is 7.57. The van der Waals surface area contributed by atoms with Crippen molar-refractivity contribution < 1.29 is 4.79 Å². The van der Waals surface area contributed by atoms with Crippen molar-refractivity contribution >= 4 is 29.5 Å². The summed E-state index contributed by atoms with van der Waals surface area (Å²) in [5.41, 5.74) is 3.78. The van der Waals surface area contributed by atoms with Gasteiger partial charge in [-0.05, 0) is 42.0 Å². The summed E-state index contributed by atoms with van der Waals surface area (Å²) in [5, 5.41) is 2.91. The van der Waals surface area contributed by atoms with E-state index in [2.05, 4.69) is 62.6 Å². The molecule has 0 saturated carbocycles. The fraction of sp³-hybridized carbons (Fsp3) is 0.217. The van der Waals surface area contributed by atoms with Crippen molar-refractivity contribution in [2.24, 2.45) is 0 Å². The Bertz CT molecular complexity index is 1010. The van der Waals surface area contributed by atoms with Gasteiger partial charge in [0.1, 0.15) is 4.64 Å². The molecule has 0 spiro atoms. The van der Waals surface area contributed by atoms with Gasteiger partial charge in [0.25, 0.3) is 5.91 Å². The molecule has 1 amide bonds. The second kappa shape index (κ2) is 9.03. The number of rotatable bonds is 5. The van der Waals surface area contributed by atoms with Crippen LogP contribution in [-0.2, 0) is 6.54 Å². The number of carbonyl (C=O) groups excluding carboxylic acids is 1. The minimum absolute atomic E-state index is 0.200. The van der Waals surface area contributed by atoms with Crippen molar-refractivity contribution in [1.29, 1.82) is 0 Å². The molecule has 3 aromatic rings. The number of hydrogen-bond acceptors (Lipinski definition) is 4. The smallest absolute Gasteiger partial charge is 0.258 e. The zero-order valence-corrected chi connectivity index (χ0v) is 17.0. The number of piperazine rings is 1. The molecule has 0 atom stereocenters. The normalized spacial score (nSPS) is 14.6. The standard InChI is InChI=1S/C23H24N4OS/c28-22(21-7-4-12-24-23(21)29)25-19-8-10-20(11-9-19)27-15-13-26(14-16-27)17-18-5-2-1-3-6-18/h1-12H,13-17H2,(H,24,29)(H,25,28). The maximum Gasteiger partial charge on any atom is 0.258 e. The topological polar surface area (TPSA) is 51.4 Å². The first-order valence-electron chi connectivity index (χ1n) is 9.79. The summed E-state index contributed by atoms with van der Waals surface area (Å²) in [7, 11) is 0. The summed E-state index contributed by atoms with van der Waals surface area (Å²) in [6.07, 6.45) is 1.72. The zero-order valence-electron chi connectivity index (χ0n) is 16.2. The van der Waals surface area contributed by atoms with Crippen LogP contribution in [0.4, 0.5) is 11.4 Å². The first-order chi connectivity index (χ1) is 14.2. The van der Waals surface area contributed by atoms with Crippen molar-refractivity contribution in [3.63, 3.8) is 0 Å². The summed E-state index contributed by atoms with van der Waals surface area (Å²) in [5.74, 6) is -0.200. The van der Waals surface area contributed by atoms with E-state index in [1.807, 2.05) is 12.1 Å². The second-order valence-electron chi connectivity index (χ2n) is 7.16. The van der Waals surface area contributed by atoms with Crippen LogP contribution in [0.2, 0.25) is 0 Å². The molecule has 148 valence electrons. The van der Waals surface area contributed by atoms with E-state index >= 15 is 0 Å². The molecule has 1 aromatic heterocycles. The van der Waals surface area contributed by atoms with Crippen LogP contribution in [0.1, 0.15) is 15.9 Å². The van der Waals surface area contributed by atoms with E-state index in [0.717, 1.165) is 38.4 Å². The van der Waals surface area contributed by atoms with Gasteiger partial charge in [0, 0.05) is 50.3 Å². The van der Waals surface area contributed by atoms with Gasteiger partial charge in [-0.15, -0.1) is 0 Å². The Balaban J connectivity index is 1.32. The number of anilines is 2. The van der Waals surface area contributed by atoms with E-state index in [0.29, 0.717) is 10.2 Å². The quantitative estimate of drug-likeness (QED) is 0.622. The number of hydrogen-bond donors (Lipinski definition) is 2. The highest BCUT2D eigenvalue weighted by atomic mass is 32.1. The number of H-pyrrole nitrogens is 1. The monoisotopic (exact) mass is 404 g/mol. The minimum atomic E-state index is -0.200. The molecule has 1 aliphatic rings. The zero-order chi connectivity index (χ0) is 20.1. The third kappa shape index (κ3) is 4.91. The molecule has 2 heterocycles. The van der Waals surface area contributed by atoms with Gasteiger partial charge in [-0.3, -0.25) is 9.69 Å². The lowest BCUT2D eigenvalue weighted by Gasteiger charge is -2.36. The third-order valence-corrected chi connectivity index (χ3v) is 5.51. The lowest BCUT2D eigenvalue weighted by Crippen LogP contribution is -2.45. The molecule has 0 unspecified atom stereocenters. The van der Waals surface area contributed by atoms with Gasteiger partial charge in [0.2, 0.25) is 0 Å². The van der Waals surface area contributed by atoms with Gasteiger partial charge in [-0.1, -0.05) is 42.5 Å². The van der Waals surface area contributed by atoms with E-state index in [1.165, 1.54) is 11.3 Å². The van der Waals surface area contributed by atoms with Gasteiger partial charge < -0.3 is 15.2 Å². The van der Waals surface area contributed by atoms with Crippen molar-refractivity contribution in [2.45, 2.75) is 6.54 Å². The molecule has 2 N–H and O–H groups in total. The van der Waals surface area contributed by atoms with Crippen molar-refractivity contribution in [1.82, 2.24) is 9.88 Å². The molecule has 0 radical (unpaired) electrons. The highest BCUT2D eigenvalue weighted by Gasteiger charge is 2.17. The molecule has 5 nitrogen and oxygen atoms in total. The molecule has 1 saturated heterocycles. The Hall–Kier alpha value is -2.96. The first kappa shape index (κ1) is 19.4. The number of carbonyl (C=O) groups is 1. The van der Waals surface area contributed by atoms with Crippen LogP contribution in [0.5, 0.6) is 0 Å². The molecular formula is C23H24N4OS. The van der Waals surface area contributed by atoms with Crippen LogP contribution in [0, 0.1) is 4.64 Å². The fourth-order valence-corrected chi connectivity index (χ4v) is 3.79. The average molecular weight is 405 g/mol. The lowest BCUT2D eigenvalue weighted by atomic mass is 10.2. The molecular weight excluding hydrogens is 380 g/mol. The van der Waals surface area contributed by atoms with E-state index in [4.69, 9.17) is 12.2 Å². The predicted octanol–water partition coefficient (Wildman–Crippen LogP) is 4.32. The molecule has 4 rings (SSSR count). The number of benzene rings is 2. The SMILES string of the molecule is O=C(Nc1ccc(N2CCN(Cc3ccccc3)CC2)cc1)c1ccc[nH]c1=S. The summed E-state index contributed by atoms with van der Waals surface area (Å²) < 4.78 is 0.440. The van der Waals surface area contributed by atoms with Gasteiger partial charge in [0.05, 0.1) is 5.56 Å². The Morgan fingerprint density at radius 3 is 2.34 bits per heavy atom. The van der Waals surface area contributed by atoms with Crippen molar-refractivity contribution in [2.75, 3.05) is 36.4 Å². The first-order valence-corrected chi connectivity index (χ1v) is 10.2. The highest BCUT2D eigenvalue weighted by molar-refractivity contribution is 7.71. The Morgan fingerprint density at radius 2 is 1.66 bits per heavy atom. The maximum atomic E-state index is 12.4. The Morgan fingerprint density at radius 1 is 0.931 bits per heavy atom. The molecule has 1 fully saturated rings. The fourth-order valence-electron chi connectivity index (χ4n) is 3.56. The van der Waals surface area contributed by atoms with Crippen LogP contribution >= 0.6 is 12.2 Å². The number of amides is 1. The van der Waals surface area contributed by atoms with Crippen LogP contribution in [-0.4, -0.2) is 42.0 Å². The van der Waals surface area contributed by atoms with E-state index in [1.54, 1.807) is 18.3 Å². The summed E-state index contributed by atoms with van der Waals surface area (Å²) >= 11 is 5.17. The molecule has 2 aromatic carbocycles. The number of aromatic nitrogens is 1. The van der Waals surface area contributed by atoms with Crippen LogP contribution < -0.4 is 10.2 Å². The average Bonchev–Trinajstić information content (AvgIpc) is 2.76. The molecule has 6 heteroatoms. The van der Waals surface area contributed by atoms with Gasteiger partial charge >= 0.3 is 0 Å². The van der Waals surface area contributed by atoms with Crippen LogP contribution in [0.25, 0.3) is 0 Å². The Kier molecular flexibility index (Phi) is 6.03. The van der Waals surface area contributed by atoms with Gasteiger partial charge in [-0.25, -0.2) is 0 Å². The number of nitrogens with one attached hydrogen (secondary N) is 2.